The molecule has 106 valence electrons. The van der Waals surface area contributed by atoms with Gasteiger partial charge >= 0.3 is 0 Å². The zero-order chi connectivity index (χ0) is 14.5. The van der Waals surface area contributed by atoms with Crippen LogP contribution in [0.5, 0.6) is 0 Å². The topological polar surface area (TPSA) is 29.5 Å². The molecule has 2 unspecified atom stereocenters. The van der Waals surface area contributed by atoms with Crippen LogP contribution in [0.4, 0.5) is 4.39 Å². The van der Waals surface area contributed by atoms with Gasteiger partial charge in [-0.25, -0.2) is 4.39 Å². The van der Waals surface area contributed by atoms with Crippen molar-refractivity contribution in [3.05, 3.63) is 70.5 Å². The highest BCUT2D eigenvalue weighted by Gasteiger charge is 2.25. The van der Waals surface area contributed by atoms with Crippen LogP contribution >= 0.6 is 11.6 Å². The van der Waals surface area contributed by atoms with Gasteiger partial charge in [0.1, 0.15) is 18.0 Å². The van der Waals surface area contributed by atoms with E-state index >= 15 is 0 Å². The zero-order valence-electron chi connectivity index (χ0n) is 11.1. The van der Waals surface area contributed by atoms with Gasteiger partial charge in [0.05, 0.1) is 0 Å². The summed E-state index contributed by atoms with van der Waals surface area (Å²) < 4.78 is 19.0. The summed E-state index contributed by atoms with van der Waals surface area (Å²) in [6.07, 6.45) is -1.61. The number of hydrogen-bond donors (Lipinski definition) is 1. The van der Waals surface area contributed by atoms with E-state index in [0.29, 0.717) is 17.2 Å². The van der Waals surface area contributed by atoms with Crippen molar-refractivity contribution in [2.75, 3.05) is 6.61 Å². The van der Waals surface area contributed by atoms with E-state index in [2.05, 4.69) is 0 Å². The highest BCUT2D eigenvalue weighted by atomic mass is 35.5. The monoisotopic (exact) mass is 294 g/mol. The number of rotatable bonds is 5. The molecule has 0 amide bonds. The van der Waals surface area contributed by atoms with E-state index in [0.717, 1.165) is 5.56 Å². The predicted octanol–water partition coefficient (Wildman–Crippen LogP) is 4.29. The molecule has 20 heavy (non-hydrogen) atoms. The van der Waals surface area contributed by atoms with Crippen molar-refractivity contribution in [1.29, 1.82) is 0 Å². The average Bonchev–Trinajstić information content (AvgIpc) is 2.47. The fourth-order valence-electron chi connectivity index (χ4n) is 2.10. The minimum atomic E-state index is -1.03. The van der Waals surface area contributed by atoms with Crippen LogP contribution in [0.15, 0.2) is 48.5 Å². The molecule has 2 atom stereocenters. The second-order valence-corrected chi connectivity index (χ2v) is 4.80. The highest BCUT2D eigenvalue weighted by Crippen LogP contribution is 2.35. The summed E-state index contributed by atoms with van der Waals surface area (Å²) in [6.45, 7) is 2.28. The third-order valence-electron chi connectivity index (χ3n) is 3.04. The molecule has 0 saturated carbocycles. The Hall–Kier alpha value is -1.42. The molecule has 2 aromatic carbocycles. The van der Waals surface area contributed by atoms with Gasteiger partial charge in [-0.15, -0.1) is 0 Å². The maximum absolute atomic E-state index is 13.3. The number of benzene rings is 2. The highest BCUT2D eigenvalue weighted by molar-refractivity contribution is 6.31. The van der Waals surface area contributed by atoms with Crippen LogP contribution < -0.4 is 0 Å². The number of aliphatic hydroxyl groups excluding tert-OH is 1. The Morgan fingerprint density at radius 3 is 2.55 bits per heavy atom. The normalized spacial score (nSPS) is 14.0. The van der Waals surface area contributed by atoms with Gasteiger partial charge in [-0.3, -0.25) is 0 Å². The molecule has 2 aromatic rings. The van der Waals surface area contributed by atoms with Crippen LogP contribution in [0.2, 0.25) is 5.02 Å². The fourth-order valence-corrected chi connectivity index (χ4v) is 2.33. The molecule has 4 heteroatoms. The average molecular weight is 295 g/mol. The van der Waals surface area contributed by atoms with Gasteiger partial charge < -0.3 is 9.84 Å². The molecule has 0 saturated heterocycles. The van der Waals surface area contributed by atoms with Crippen molar-refractivity contribution in [1.82, 2.24) is 0 Å². The molecule has 0 aliphatic carbocycles. The van der Waals surface area contributed by atoms with Gasteiger partial charge in [-0.05, 0) is 30.7 Å². The maximum atomic E-state index is 13.3. The zero-order valence-corrected chi connectivity index (χ0v) is 11.8. The third kappa shape index (κ3) is 3.37. The number of aliphatic hydroxyl groups is 1. The lowest BCUT2D eigenvalue weighted by Crippen LogP contribution is -2.15. The first-order chi connectivity index (χ1) is 9.63. The molecule has 0 aliphatic rings. The Morgan fingerprint density at radius 1 is 1.20 bits per heavy atom. The quantitative estimate of drug-likeness (QED) is 0.891. The van der Waals surface area contributed by atoms with Gasteiger partial charge in [-0.2, -0.15) is 0 Å². The van der Waals surface area contributed by atoms with Crippen LogP contribution in [0.3, 0.4) is 0 Å². The van der Waals surface area contributed by atoms with E-state index in [-0.39, 0.29) is 0 Å². The van der Waals surface area contributed by atoms with Gasteiger partial charge in [0, 0.05) is 17.2 Å². The van der Waals surface area contributed by atoms with Gasteiger partial charge in [-0.1, -0.05) is 41.9 Å². The van der Waals surface area contributed by atoms with E-state index in [4.69, 9.17) is 16.3 Å². The summed E-state index contributed by atoms with van der Waals surface area (Å²) in [5.74, 6) is -0.438. The lowest BCUT2D eigenvalue weighted by atomic mass is 9.98. The summed E-state index contributed by atoms with van der Waals surface area (Å²) in [5.41, 5.74) is 1.15. The van der Waals surface area contributed by atoms with E-state index in [9.17, 15) is 9.50 Å². The molecule has 2 rings (SSSR count). The molecule has 0 fully saturated rings. The summed E-state index contributed by atoms with van der Waals surface area (Å²) in [5, 5.41) is 10.8. The Balaban J connectivity index is 2.36. The molecule has 0 aromatic heterocycles. The van der Waals surface area contributed by atoms with Crippen LogP contribution in [0.1, 0.15) is 30.3 Å². The fraction of sp³-hybridized carbons (Fsp3) is 0.250. The van der Waals surface area contributed by atoms with E-state index < -0.39 is 18.0 Å². The number of ether oxygens (including phenoxy) is 1. The molecular formula is C16H16ClFO2. The lowest BCUT2D eigenvalue weighted by Gasteiger charge is -2.24. The van der Waals surface area contributed by atoms with Crippen molar-refractivity contribution < 1.29 is 14.2 Å². The Kier molecular flexibility index (Phi) is 5.12. The van der Waals surface area contributed by atoms with Crippen molar-refractivity contribution in [2.45, 2.75) is 19.1 Å². The van der Waals surface area contributed by atoms with Crippen LogP contribution in [-0.2, 0) is 4.74 Å². The largest absolute Gasteiger partial charge is 0.385 e. The standard InChI is InChI=1S/C16H16ClFO2/c1-2-20-16(11-6-4-3-5-7-11)15(19)13-10-12(18)8-9-14(13)17/h3-10,15-16,19H,2H2,1H3. The minimum Gasteiger partial charge on any atom is -0.385 e. The Bertz CT molecular complexity index is 560. The van der Waals surface area contributed by atoms with Crippen LogP contribution in [0, 0.1) is 5.82 Å². The minimum absolute atomic E-state index is 0.319. The van der Waals surface area contributed by atoms with Crippen molar-refractivity contribution in [2.24, 2.45) is 0 Å². The second kappa shape index (κ2) is 6.84. The molecule has 0 spiro atoms. The molecule has 0 radical (unpaired) electrons. The molecule has 0 aliphatic heterocycles. The lowest BCUT2D eigenvalue weighted by molar-refractivity contribution is -0.0362. The first-order valence-electron chi connectivity index (χ1n) is 6.43. The van der Waals surface area contributed by atoms with Crippen molar-refractivity contribution in [3.8, 4) is 0 Å². The van der Waals surface area contributed by atoms with Crippen LogP contribution in [-0.4, -0.2) is 11.7 Å². The van der Waals surface area contributed by atoms with Gasteiger partial charge in [0.25, 0.3) is 0 Å². The SMILES string of the molecule is CCOC(c1ccccc1)C(O)c1cc(F)ccc1Cl. The molecule has 0 bridgehead atoms. The van der Waals surface area contributed by atoms with E-state index in [1.807, 2.05) is 37.3 Å². The first kappa shape index (κ1) is 15.0. The second-order valence-electron chi connectivity index (χ2n) is 4.40. The molecule has 1 N–H and O–H groups in total. The third-order valence-corrected chi connectivity index (χ3v) is 3.38. The first-order valence-corrected chi connectivity index (χ1v) is 6.81. The van der Waals surface area contributed by atoms with Gasteiger partial charge in [0.15, 0.2) is 0 Å². The number of halogens is 2. The molecular weight excluding hydrogens is 279 g/mol. The van der Waals surface area contributed by atoms with E-state index in [1.54, 1.807) is 0 Å². The van der Waals surface area contributed by atoms with Crippen molar-refractivity contribution in [3.63, 3.8) is 0 Å². The molecule has 0 heterocycles. The smallest absolute Gasteiger partial charge is 0.123 e. The predicted molar refractivity (Wildman–Crippen MR) is 77.2 cm³/mol. The van der Waals surface area contributed by atoms with Crippen molar-refractivity contribution >= 4 is 11.6 Å². The summed E-state index contributed by atoms with van der Waals surface area (Å²) in [6, 6.07) is 13.3. The summed E-state index contributed by atoms with van der Waals surface area (Å²) >= 11 is 6.04. The van der Waals surface area contributed by atoms with E-state index in [1.165, 1.54) is 18.2 Å². The Morgan fingerprint density at radius 2 is 1.90 bits per heavy atom. The summed E-state index contributed by atoms with van der Waals surface area (Å²) in [7, 11) is 0. The molecule has 2 nitrogen and oxygen atoms in total. The maximum Gasteiger partial charge on any atom is 0.123 e. The van der Waals surface area contributed by atoms with Gasteiger partial charge in [0.2, 0.25) is 0 Å². The summed E-state index contributed by atoms with van der Waals surface area (Å²) in [4.78, 5) is 0. The van der Waals surface area contributed by atoms with Crippen LogP contribution in [0.25, 0.3) is 0 Å². The Labute approximate surface area is 122 Å². The number of hydrogen-bond acceptors (Lipinski definition) is 2.